The first-order chi connectivity index (χ1) is 16.4. The highest BCUT2D eigenvalue weighted by molar-refractivity contribution is 6.26. The lowest BCUT2D eigenvalue weighted by Crippen LogP contribution is -2.56. The summed E-state index contributed by atoms with van der Waals surface area (Å²) in [5, 5.41) is 0. The number of fused-ring (bicyclic) bond motifs is 7. The number of amides is 3. The quantitative estimate of drug-likeness (QED) is 0.398. The van der Waals surface area contributed by atoms with Crippen molar-refractivity contribution >= 4 is 35.1 Å². The van der Waals surface area contributed by atoms with E-state index in [9.17, 15) is 19.2 Å². The largest absolute Gasteiger partial charge is 0.427 e. The molecule has 1 spiro atoms. The monoisotopic (exact) mass is 459 g/mol. The van der Waals surface area contributed by atoms with Gasteiger partial charge < -0.3 is 9.64 Å². The summed E-state index contributed by atoms with van der Waals surface area (Å²) in [5.41, 5.74) is 0.920. The highest BCUT2D eigenvalue weighted by Crippen LogP contribution is 2.61. The number of para-hydroxylation sites is 1. The molecule has 34 heavy (non-hydrogen) atoms. The van der Waals surface area contributed by atoms with Crippen LogP contribution in [-0.2, 0) is 24.7 Å². The molecule has 0 saturated carbocycles. The van der Waals surface area contributed by atoms with E-state index in [1.807, 2.05) is 31.2 Å². The van der Waals surface area contributed by atoms with Gasteiger partial charge in [-0.15, -0.1) is 0 Å². The Labute approximate surface area is 197 Å². The van der Waals surface area contributed by atoms with Gasteiger partial charge in [0.2, 0.25) is 11.8 Å². The van der Waals surface area contributed by atoms with E-state index in [-0.39, 0.29) is 23.8 Å². The number of benzene rings is 2. The number of anilines is 2. The predicted molar refractivity (Wildman–Crippen MR) is 123 cm³/mol. The number of hydrogen-bond acceptors (Lipinski definition) is 6. The van der Waals surface area contributed by atoms with Gasteiger partial charge in [0.1, 0.15) is 11.3 Å². The second-order valence-electron chi connectivity index (χ2n) is 9.34. The number of carbonyl (C=O) groups excluding carboxylic acids is 4. The van der Waals surface area contributed by atoms with Gasteiger partial charge in [0.15, 0.2) is 0 Å². The number of hydrogen-bond donors (Lipinski definition) is 0. The molecule has 0 radical (unpaired) electrons. The minimum absolute atomic E-state index is 0.108. The Morgan fingerprint density at radius 3 is 2.50 bits per heavy atom. The molecule has 8 nitrogen and oxygen atoms in total. The maximum Gasteiger partial charge on any atom is 0.308 e. The summed E-state index contributed by atoms with van der Waals surface area (Å²) in [6, 6.07) is 13.9. The highest BCUT2D eigenvalue weighted by Gasteiger charge is 2.75. The first-order valence-electron chi connectivity index (χ1n) is 11.8. The lowest BCUT2D eigenvalue weighted by atomic mass is 9.75. The summed E-state index contributed by atoms with van der Waals surface area (Å²) in [6.07, 6.45) is 1.67. The fraction of sp³-hybridized carbons (Fsp3) is 0.385. The Morgan fingerprint density at radius 1 is 1.06 bits per heavy atom. The van der Waals surface area contributed by atoms with E-state index in [2.05, 4.69) is 4.90 Å². The number of likely N-dealkylation sites (N-methyl/N-ethyl adjacent to an activating group) is 1. The third kappa shape index (κ3) is 2.46. The van der Waals surface area contributed by atoms with E-state index >= 15 is 0 Å². The molecule has 0 unspecified atom stereocenters. The smallest absolute Gasteiger partial charge is 0.308 e. The molecule has 4 aliphatic rings. The minimum atomic E-state index is -1.16. The molecular formula is C26H25N3O5. The summed E-state index contributed by atoms with van der Waals surface area (Å²) in [4.78, 5) is 58.3. The van der Waals surface area contributed by atoms with Crippen LogP contribution < -0.4 is 14.5 Å². The van der Waals surface area contributed by atoms with Crippen molar-refractivity contribution in [2.45, 2.75) is 38.3 Å². The summed E-state index contributed by atoms with van der Waals surface area (Å²) in [5.74, 6) is -2.16. The number of nitrogens with zero attached hydrogens (tertiary/aromatic N) is 3. The van der Waals surface area contributed by atoms with Crippen LogP contribution in [0.15, 0.2) is 48.5 Å². The van der Waals surface area contributed by atoms with Crippen molar-refractivity contribution in [1.29, 1.82) is 0 Å². The molecule has 4 atom stereocenters. The number of carbonyl (C=O) groups is 4. The van der Waals surface area contributed by atoms with E-state index in [1.165, 1.54) is 11.8 Å². The molecule has 0 aliphatic carbocycles. The Kier molecular flexibility index (Phi) is 4.48. The third-order valence-corrected chi connectivity index (χ3v) is 7.82. The van der Waals surface area contributed by atoms with Gasteiger partial charge in [-0.25, -0.2) is 4.90 Å². The maximum atomic E-state index is 14.1. The molecule has 4 aliphatic heterocycles. The lowest BCUT2D eigenvalue weighted by Gasteiger charge is -2.37. The van der Waals surface area contributed by atoms with Gasteiger partial charge in [0.05, 0.1) is 17.5 Å². The molecule has 3 saturated heterocycles. The fourth-order valence-electron chi connectivity index (χ4n) is 6.74. The van der Waals surface area contributed by atoms with Crippen molar-refractivity contribution in [2.75, 3.05) is 22.9 Å². The average Bonchev–Trinajstić information content (AvgIpc) is 3.52. The number of rotatable bonds is 3. The van der Waals surface area contributed by atoms with Crippen LogP contribution in [0.3, 0.4) is 0 Å². The van der Waals surface area contributed by atoms with Gasteiger partial charge in [-0.2, -0.15) is 0 Å². The van der Waals surface area contributed by atoms with E-state index in [1.54, 1.807) is 29.2 Å². The molecule has 3 fully saturated rings. The van der Waals surface area contributed by atoms with E-state index in [0.717, 1.165) is 24.1 Å². The summed E-state index contributed by atoms with van der Waals surface area (Å²) in [6.45, 7) is 4.43. The lowest BCUT2D eigenvalue weighted by molar-refractivity contribution is -0.137. The molecular weight excluding hydrogens is 434 g/mol. The van der Waals surface area contributed by atoms with Gasteiger partial charge in [0, 0.05) is 30.8 Å². The van der Waals surface area contributed by atoms with Crippen LogP contribution in [0.2, 0.25) is 0 Å². The standard InChI is InChI=1S/C26H25N3O5/c1-3-27-19-8-5-4-7-18(19)26(25(27)33)22-21(20-9-6-14-28(20)26)23(31)29(24(22)32)16-10-12-17(13-11-16)34-15(2)30/h4-5,7-8,10-13,20-22H,3,6,9,14H2,1-2H3/t20-,21+,22-,26+/m0/s1. The molecule has 2 aromatic carbocycles. The van der Waals surface area contributed by atoms with Crippen molar-refractivity contribution in [1.82, 2.24) is 4.90 Å². The zero-order chi connectivity index (χ0) is 23.8. The first-order valence-corrected chi connectivity index (χ1v) is 11.8. The average molecular weight is 460 g/mol. The molecule has 0 aromatic heterocycles. The Balaban J connectivity index is 1.48. The molecule has 6 rings (SSSR count). The second-order valence-corrected chi connectivity index (χ2v) is 9.34. The topological polar surface area (TPSA) is 87.2 Å². The number of esters is 1. The van der Waals surface area contributed by atoms with Crippen molar-refractivity contribution in [3.63, 3.8) is 0 Å². The zero-order valence-corrected chi connectivity index (χ0v) is 19.1. The normalized spacial score (nSPS) is 29.7. The summed E-state index contributed by atoms with van der Waals surface area (Å²) >= 11 is 0. The van der Waals surface area contributed by atoms with Gasteiger partial charge >= 0.3 is 5.97 Å². The maximum absolute atomic E-state index is 14.1. The first kappa shape index (κ1) is 21.0. The Morgan fingerprint density at radius 2 is 1.79 bits per heavy atom. The van der Waals surface area contributed by atoms with Crippen LogP contribution in [-0.4, -0.2) is 47.7 Å². The van der Waals surface area contributed by atoms with Crippen molar-refractivity contribution in [3.05, 3.63) is 54.1 Å². The van der Waals surface area contributed by atoms with Gasteiger partial charge in [0.25, 0.3) is 5.91 Å². The molecule has 174 valence electrons. The van der Waals surface area contributed by atoms with Crippen LogP contribution in [0, 0.1) is 11.8 Å². The Bertz CT molecular complexity index is 1240. The van der Waals surface area contributed by atoms with Crippen molar-refractivity contribution in [2.24, 2.45) is 11.8 Å². The minimum Gasteiger partial charge on any atom is -0.427 e. The van der Waals surface area contributed by atoms with Crippen LogP contribution in [0.4, 0.5) is 11.4 Å². The van der Waals surface area contributed by atoms with Gasteiger partial charge in [-0.3, -0.25) is 24.1 Å². The van der Waals surface area contributed by atoms with Gasteiger partial charge in [-0.1, -0.05) is 18.2 Å². The molecule has 0 bridgehead atoms. The van der Waals surface area contributed by atoms with Crippen molar-refractivity contribution < 1.29 is 23.9 Å². The number of imide groups is 1. The van der Waals surface area contributed by atoms with E-state index in [0.29, 0.717) is 24.5 Å². The predicted octanol–water partition coefficient (Wildman–Crippen LogP) is 2.46. The van der Waals surface area contributed by atoms with E-state index < -0.39 is 23.3 Å². The molecule has 8 heteroatoms. The van der Waals surface area contributed by atoms with Gasteiger partial charge in [-0.05, 0) is 56.6 Å². The van der Waals surface area contributed by atoms with Crippen LogP contribution in [0.5, 0.6) is 5.75 Å². The zero-order valence-electron chi connectivity index (χ0n) is 19.1. The second kappa shape index (κ2) is 7.24. The number of ether oxygens (including phenoxy) is 1. The SMILES string of the molecule is CCN1C(=O)[C@@]2(c3ccccc31)[C@@H]1C(=O)N(c3ccc(OC(C)=O)cc3)C(=O)[C@@H]1[C@@H]1CCCN12. The fourth-order valence-corrected chi connectivity index (χ4v) is 6.74. The molecule has 0 N–H and O–H groups in total. The molecule has 4 heterocycles. The van der Waals surface area contributed by atoms with Crippen LogP contribution in [0.25, 0.3) is 0 Å². The molecule has 2 aromatic rings. The van der Waals surface area contributed by atoms with Crippen LogP contribution in [0.1, 0.15) is 32.3 Å². The third-order valence-electron chi connectivity index (χ3n) is 7.82. The Hall–Kier alpha value is -3.52. The highest BCUT2D eigenvalue weighted by atomic mass is 16.5. The van der Waals surface area contributed by atoms with Crippen LogP contribution >= 0.6 is 0 Å². The summed E-state index contributed by atoms with van der Waals surface area (Å²) < 4.78 is 5.09. The van der Waals surface area contributed by atoms with Crippen molar-refractivity contribution in [3.8, 4) is 5.75 Å². The summed E-state index contributed by atoms with van der Waals surface area (Å²) in [7, 11) is 0. The molecule has 3 amide bonds. The van der Waals surface area contributed by atoms with E-state index in [4.69, 9.17) is 4.74 Å².